The van der Waals surface area contributed by atoms with Crippen LogP contribution in [-0.4, -0.2) is 45.5 Å². The van der Waals surface area contributed by atoms with Crippen molar-refractivity contribution in [1.29, 1.82) is 0 Å². The van der Waals surface area contributed by atoms with Gasteiger partial charge in [0.25, 0.3) is 0 Å². The second kappa shape index (κ2) is 6.77. The second-order valence-corrected chi connectivity index (χ2v) is 6.19. The molecule has 0 radical (unpaired) electrons. The van der Waals surface area contributed by atoms with Crippen molar-refractivity contribution in [2.24, 2.45) is 7.05 Å². The first-order valence-corrected chi connectivity index (χ1v) is 7.83. The first kappa shape index (κ1) is 15.5. The predicted octanol–water partition coefficient (Wildman–Crippen LogP) is 2.53. The highest BCUT2D eigenvalue weighted by molar-refractivity contribution is 6.31. The molecule has 0 unspecified atom stereocenters. The summed E-state index contributed by atoms with van der Waals surface area (Å²) < 4.78 is 15.1. The summed E-state index contributed by atoms with van der Waals surface area (Å²) in [5.74, 6) is -0.283. The van der Waals surface area contributed by atoms with E-state index >= 15 is 0 Å². The molecule has 0 amide bonds. The molecule has 118 valence electrons. The number of benzene rings is 1. The van der Waals surface area contributed by atoms with E-state index in [1.807, 2.05) is 19.6 Å². The summed E-state index contributed by atoms with van der Waals surface area (Å²) in [5.41, 5.74) is 2.22. The zero-order chi connectivity index (χ0) is 15.5. The average Bonchev–Trinajstić information content (AvgIpc) is 2.89. The van der Waals surface area contributed by atoms with Gasteiger partial charge in [0, 0.05) is 57.5 Å². The maximum absolute atomic E-state index is 13.1. The highest BCUT2D eigenvalue weighted by Crippen LogP contribution is 2.20. The second-order valence-electron chi connectivity index (χ2n) is 5.78. The van der Waals surface area contributed by atoms with Gasteiger partial charge in [-0.3, -0.25) is 9.80 Å². The number of rotatable bonds is 4. The highest BCUT2D eigenvalue weighted by atomic mass is 35.5. The zero-order valence-corrected chi connectivity index (χ0v) is 13.4. The molecule has 2 aromatic rings. The van der Waals surface area contributed by atoms with Crippen LogP contribution < -0.4 is 0 Å². The number of imidazole rings is 1. The number of hydrogen-bond donors (Lipinski definition) is 0. The number of aromatic nitrogens is 2. The Kier molecular flexibility index (Phi) is 4.76. The van der Waals surface area contributed by atoms with E-state index in [4.69, 9.17) is 11.6 Å². The lowest BCUT2D eigenvalue weighted by molar-refractivity contribution is 0.120. The fourth-order valence-electron chi connectivity index (χ4n) is 2.76. The fourth-order valence-corrected chi connectivity index (χ4v) is 2.99. The van der Waals surface area contributed by atoms with E-state index in [0.29, 0.717) is 5.02 Å². The van der Waals surface area contributed by atoms with Gasteiger partial charge in [0.05, 0.1) is 12.0 Å². The molecule has 3 rings (SSSR count). The summed E-state index contributed by atoms with van der Waals surface area (Å²) in [5, 5.41) is 0.511. The minimum Gasteiger partial charge on any atom is -0.337 e. The lowest BCUT2D eigenvalue weighted by Crippen LogP contribution is -2.45. The number of nitrogens with zero attached hydrogens (tertiary/aromatic N) is 4. The van der Waals surface area contributed by atoms with Crippen molar-refractivity contribution in [3.63, 3.8) is 0 Å². The smallest absolute Gasteiger partial charge is 0.124 e. The van der Waals surface area contributed by atoms with E-state index in [0.717, 1.165) is 44.8 Å². The highest BCUT2D eigenvalue weighted by Gasteiger charge is 2.18. The Morgan fingerprint density at radius 1 is 1.14 bits per heavy atom. The standard InChI is InChI=1S/C16H20ClFN4/c1-20-12-19-9-15(20)11-22-6-4-21(5-7-22)10-13-2-3-14(18)8-16(13)17/h2-3,8-9,12H,4-7,10-11H2,1H3. The van der Waals surface area contributed by atoms with Gasteiger partial charge in [-0.15, -0.1) is 0 Å². The molecule has 0 N–H and O–H groups in total. The molecule has 1 aliphatic rings. The molecule has 2 heterocycles. The van der Waals surface area contributed by atoms with Gasteiger partial charge in [-0.25, -0.2) is 9.37 Å². The average molecular weight is 323 g/mol. The van der Waals surface area contributed by atoms with E-state index in [9.17, 15) is 4.39 Å². The van der Waals surface area contributed by atoms with Crippen LogP contribution in [0, 0.1) is 5.82 Å². The van der Waals surface area contributed by atoms with Crippen molar-refractivity contribution >= 4 is 11.6 Å². The van der Waals surface area contributed by atoms with Gasteiger partial charge in [0.1, 0.15) is 5.82 Å². The minimum absolute atomic E-state index is 0.283. The van der Waals surface area contributed by atoms with Gasteiger partial charge in [0.2, 0.25) is 0 Å². The minimum atomic E-state index is -0.283. The number of piperazine rings is 1. The molecule has 6 heteroatoms. The summed E-state index contributed by atoms with van der Waals surface area (Å²) in [6.45, 7) is 5.73. The molecule has 22 heavy (non-hydrogen) atoms. The van der Waals surface area contributed by atoms with E-state index < -0.39 is 0 Å². The predicted molar refractivity (Wildman–Crippen MR) is 85.2 cm³/mol. The summed E-state index contributed by atoms with van der Waals surface area (Å²) in [6.07, 6.45) is 3.76. The Labute approximate surface area is 135 Å². The third-order valence-corrected chi connectivity index (χ3v) is 4.53. The lowest BCUT2D eigenvalue weighted by Gasteiger charge is -2.34. The van der Waals surface area contributed by atoms with Crippen LogP contribution in [0.25, 0.3) is 0 Å². The van der Waals surface area contributed by atoms with Crippen LogP contribution in [0.2, 0.25) is 5.02 Å². The van der Waals surface area contributed by atoms with Crippen molar-refractivity contribution < 1.29 is 4.39 Å². The quantitative estimate of drug-likeness (QED) is 0.864. The fraction of sp³-hybridized carbons (Fsp3) is 0.438. The Hall–Kier alpha value is -1.43. The SMILES string of the molecule is Cn1cncc1CN1CCN(Cc2ccc(F)cc2Cl)CC1. The van der Waals surface area contributed by atoms with Gasteiger partial charge in [-0.05, 0) is 17.7 Å². The zero-order valence-electron chi connectivity index (χ0n) is 12.7. The molecule has 1 aromatic carbocycles. The molecular formula is C16H20ClFN4. The van der Waals surface area contributed by atoms with Crippen molar-refractivity contribution in [2.45, 2.75) is 13.1 Å². The Morgan fingerprint density at radius 2 is 1.82 bits per heavy atom. The molecule has 1 saturated heterocycles. The molecule has 4 nitrogen and oxygen atoms in total. The van der Waals surface area contributed by atoms with Crippen LogP contribution in [0.3, 0.4) is 0 Å². The van der Waals surface area contributed by atoms with Crippen molar-refractivity contribution in [1.82, 2.24) is 19.4 Å². The van der Waals surface area contributed by atoms with Crippen molar-refractivity contribution in [2.75, 3.05) is 26.2 Å². The van der Waals surface area contributed by atoms with Crippen LogP contribution in [0.4, 0.5) is 4.39 Å². The van der Waals surface area contributed by atoms with Gasteiger partial charge >= 0.3 is 0 Å². The molecule has 0 aliphatic carbocycles. The van der Waals surface area contributed by atoms with Crippen LogP contribution in [0.15, 0.2) is 30.7 Å². The normalized spacial score (nSPS) is 17.0. The molecule has 1 fully saturated rings. The Morgan fingerprint density at radius 3 is 2.41 bits per heavy atom. The summed E-state index contributed by atoms with van der Waals surface area (Å²) in [6, 6.07) is 4.63. The third kappa shape index (κ3) is 3.66. The van der Waals surface area contributed by atoms with Crippen LogP contribution >= 0.6 is 11.6 Å². The molecule has 0 saturated carbocycles. The van der Waals surface area contributed by atoms with E-state index in [1.54, 1.807) is 6.07 Å². The Balaban J connectivity index is 1.52. The topological polar surface area (TPSA) is 24.3 Å². The molecule has 1 aliphatic heterocycles. The number of aryl methyl sites for hydroxylation is 1. The first-order chi connectivity index (χ1) is 10.6. The third-order valence-electron chi connectivity index (χ3n) is 4.18. The molecule has 0 spiro atoms. The van der Waals surface area contributed by atoms with Gasteiger partial charge in [0.15, 0.2) is 0 Å². The summed E-state index contributed by atoms with van der Waals surface area (Å²) in [4.78, 5) is 8.95. The summed E-state index contributed by atoms with van der Waals surface area (Å²) >= 11 is 6.10. The van der Waals surface area contributed by atoms with Crippen LogP contribution in [0.1, 0.15) is 11.3 Å². The van der Waals surface area contributed by atoms with Crippen LogP contribution in [-0.2, 0) is 20.1 Å². The maximum Gasteiger partial charge on any atom is 0.124 e. The number of hydrogen-bond acceptors (Lipinski definition) is 3. The first-order valence-electron chi connectivity index (χ1n) is 7.45. The lowest BCUT2D eigenvalue weighted by atomic mass is 10.2. The van der Waals surface area contributed by atoms with Crippen molar-refractivity contribution in [3.8, 4) is 0 Å². The van der Waals surface area contributed by atoms with Gasteiger partial charge in [-0.2, -0.15) is 0 Å². The van der Waals surface area contributed by atoms with Crippen molar-refractivity contribution in [3.05, 3.63) is 52.8 Å². The molecule has 1 aromatic heterocycles. The van der Waals surface area contributed by atoms with E-state index in [2.05, 4.69) is 19.4 Å². The van der Waals surface area contributed by atoms with E-state index in [1.165, 1.54) is 17.8 Å². The van der Waals surface area contributed by atoms with E-state index in [-0.39, 0.29) is 5.82 Å². The van der Waals surface area contributed by atoms with Gasteiger partial charge < -0.3 is 4.57 Å². The maximum atomic E-state index is 13.1. The molecule has 0 bridgehead atoms. The van der Waals surface area contributed by atoms with Crippen LogP contribution in [0.5, 0.6) is 0 Å². The largest absolute Gasteiger partial charge is 0.337 e. The Bertz CT molecular complexity index is 635. The summed E-state index contributed by atoms with van der Waals surface area (Å²) in [7, 11) is 2.02. The number of halogens is 2. The molecular weight excluding hydrogens is 303 g/mol. The molecule has 0 atom stereocenters. The monoisotopic (exact) mass is 322 g/mol. The van der Waals surface area contributed by atoms with Gasteiger partial charge in [-0.1, -0.05) is 17.7 Å².